The van der Waals surface area contributed by atoms with Crippen molar-refractivity contribution < 1.29 is 14.3 Å². The van der Waals surface area contributed by atoms with Crippen LogP contribution in [0.25, 0.3) is 11.3 Å². The monoisotopic (exact) mass is 545 g/mol. The molecule has 178 valence electrons. The SMILES string of the molecule is CCOc1cc(/C=N/Nc2nc(-c3ccc(Cl)cc3Cl)cs2)ccc1OC(=O)c1cccc(Cl)c1. The minimum Gasteiger partial charge on any atom is -0.490 e. The van der Waals surface area contributed by atoms with Gasteiger partial charge in [0.25, 0.3) is 0 Å². The van der Waals surface area contributed by atoms with Crippen molar-refractivity contribution >= 4 is 63.5 Å². The summed E-state index contributed by atoms with van der Waals surface area (Å²) in [4.78, 5) is 17.0. The average Bonchev–Trinajstić information content (AvgIpc) is 3.29. The summed E-state index contributed by atoms with van der Waals surface area (Å²) in [5.41, 5.74) is 5.50. The van der Waals surface area contributed by atoms with Gasteiger partial charge in [0, 0.05) is 21.0 Å². The molecule has 0 atom stereocenters. The molecule has 0 saturated heterocycles. The summed E-state index contributed by atoms with van der Waals surface area (Å²) in [5.74, 6) is 0.184. The molecular formula is C25H18Cl3N3O3S. The van der Waals surface area contributed by atoms with Crippen molar-refractivity contribution in [1.29, 1.82) is 0 Å². The third-order valence-corrected chi connectivity index (χ3v) is 6.15. The number of ether oxygens (including phenoxy) is 2. The van der Waals surface area contributed by atoms with Gasteiger partial charge in [-0.1, -0.05) is 40.9 Å². The highest BCUT2D eigenvalue weighted by Gasteiger charge is 2.14. The van der Waals surface area contributed by atoms with E-state index in [-0.39, 0.29) is 0 Å². The molecule has 3 aromatic carbocycles. The predicted octanol–water partition coefficient (Wildman–Crippen LogP) is 7.83. The molecular weight excluding hydrogens is 529 g/mol. The van der Waals surface area contributed by atoms with Gasteiger partial charge in [-0.15, -0.1) is 11.3 Å². The maximum Gasteiger partial charge on any atom is 0.343 e. The van der Waals surface area contributed by atoms with Crippen LogP contribution in [0.2, 0.25) is 15.1 Å². The molecule has 4 aromatic rings. The Balaban J connectivity index is 1.45. The summed E-state index contributed by atoms with van der Waals surface area (Å²) < 4.78 is 11.2. The lowest BCUT2D eigenvalue weighted by molar-refractivity contribution is 0.0728. The number of carbonyl (C=O) groups excluding carboxylic acids is 1. The summed E-state index contributed by atoms with van der Waals surface area (Å²) in [6.07, 6.45) is 1.61. The highest BCUT2D eigenvalue weighted by molar-refractivity contribution is 7.14. The van der Waals surface area contributed by atoms with E-state index in [9.17, 15) is 4.79 Å². The highest BCUT2D eigenvalue weighted by Crippen LogP contribution is 2.32. The Kier molecular flexibility index (Phi) is 8.25. The molecule has 1 heterocycles. The van der Waals surface area contributed by atoms with E-state index in [0.717, 1.165) is 16.8 Å². The minimum atomic E-state index is -0.531. The van der Waals surface area contributed by atoms with Crippen LogP contribution in [0, 0.1) is 0 Å². The van der Waals surface area contributed by atoms with Crippen LogP contribution in [0.1, 0.15) is 22.8 Å². The van der Waals surface area contributed by atoms with Crippen LogP contribution in [0.5, 0.6) is 11.5 Å². The zero-order valence-corrected chi connectivity index (χ0v) is 21.4. The Hall–Kier alpha value is -3.10. The number of thiazole rings is 1. The van der Waals surface area contributed by atoms with Gasteiger partial charge in [-0.25, -0.2) is 9.78 Å². The van der Waals surface area contributed by atoms with E-state index in [0.29, 0.717) is 43.9 Å². The van der Waals surface area contributed by atoms with E-state index < -0.39 is 5.97 Å². The third kappa shape index (κ3) is 6.52. The third-order valence-electron chi connectivity index (χ3n) is 4.62. The lowest BCUT2D eigenvalue weighted by Gasteiger charge is -2.11. The van der Waals surface area contributed by atoms with Crippen LogP contribution in [-0.4, -0.2) is 23.8 Å². The van der Waals surface area contributed by atoms with Crippen LogP contribution in [0.15, 0.2) is 71.1 Å². The fourth-order valence-corrected chi connectivity index (χ4v) is 4.39. The van der Waals surface area contributed by atoms with E-state index >= 15 is 0 Å². The maximum absolute atomic E-state index is 12.5. The van der Waals surface area contributed by atoms with Crippen LogP contribution < -0.4 is 14.9 Å². The number of hydrogen-bond donors (Lipinski definition) is 1. The second-order valence-electron chi connectivity index (χ2n) is 7.07. The molecule has 1 aromatic heterocycles. The summed E-state index contributed by atoms with van der Waals surface area (Å²) in [5, 5.41) is 8.26. The lowest BCUT2D eigenvalue weighted by atomic mass is 10.2. The van der Waals surface area contributed by atoms with Gasteiger partial charge < -0.3 is 9.47 Å². The zero-order chi connectivity index (χ0) is 24.8. The molecule has 0 amide bonds. The summed E-state index contributed by atoms with van der Waals surface area (Å²) in [6.45, 7) is 2.24. The molecule has 0 saturated carbocycles. The number of benzene rings is 3. The van der Waals surface area contributed by atoms with E-state index in [1.165, 1.54) is 11.3 Å². The largest absolute Gasteiger partial charge is 0.490 e. The van der Waals surface area contributed by atoms with E-state index in [1.807, 2.05) is 18.4 Å². The molecule has 0 unspecified atom stereocenters. The quantitative estimate of drug-likeness (QED) is 0.105. The first kappa shape index (κ1) is 25.0. The van der Waals surface area contributed by atoms with Gasteiger partial charge in [0.05, 0.1) is 29.1 Å². The lowest BCUT2D eigenvalue weighted by Crippen LogP contribution is -2.09. The summed E-state index contributed by atoms with van der Waals surface area (Å²) in [7, 11) is 0. The molecule has 4 rings (SSSR count). The van der Waals surface area contributed by atoms with Crippen LogP contribution in [0.4, 0.5) is 5.13 Å². The zero-order valence-electron chi connectivity index (χ0n) is 18.3. The van der Waals surface area contributed by atoms with Gasteiger partial charge in [0.15, 0.2) is 11.5 Å². The number of aromatic nitrogens is 1. The number of anilines is 1. The molecule has 1 N–H and O–H groups in total. The molecule has 0 bridgehead atoms. The fraction of sp³-hybridized carbons (Fsp3) is 0.0800. The highest BCUT2D eigenvalue weighted by atomic mass is 35.5. The molecule has 10 heteroatoms. The maximum atomic E-state index is 12.5. The molecule has 35 heavy (non-hydrogen) atoms. The fourth-order valence-electron chi connectivity index (χ4n) is 3.04. The molecule has 0 spiro atoms. The van der Waals surface area contributed by atoms with E-state index in [4.69, 9.17) is 44.3 Å². The number of halogens is 3. The molecule has 0 aliphatic heterocycles. The number of hydrazone groups is 1. The van der Waals surface area contributed by atoms with Gasteiger partial charge in [-0.05, 0) is 67.1 Å². The number of rotatable bonds is 8. The smallest absolute Gasteiger partial charge is 0.343 e. The molecule has 6 nitrogen and oxygen atoms in total. The Labute approximate surface area is 221 Å². The number of nitrogens with zero attached hydrogens (tertiary/aromatic N) is 2. The first-order valence-corrected chi connectivity index (χ1v) is 12.4. The summed E-state index contributed by atoms with van der Waals surface area (Å²) >= 11 is 19.6. The van der Waals surface area contributed by atoms with Gasteiger partial charge >= 0.3 is 5.97 Å². The van der Waals surface area contributed by atoms with Crippen LogP contribution in [0.3, 0.4) is 0 Å². The number of carbonyl (C=O) groups is 1. The summed E-state index contributed by atoms with van der Waals surface area (Å²) in [6, 6.07) is 16.9. The predicted molar refractivity (Wildman–Crippen MR) is 143 cm³/mol. The Morgan fingerprint density at radius 3 is 2.66 bits per heavy atom. The molecule has 0 aliphatic carbocycles. The van der Waals surface area contributed by atoms with Crippen molar-refractivity contribution in [3.05, 3.63) is 92.2 Å². The topological polar surface area (TPSA) is 72.8 Å². The first-order chi connectivity index (χ1) is 16.9. The second-order valence-corrected chi connectivity index (χ2v) is 9.21. The second kappa shape index (κ2) is 11.6. The van der Waals surface area contributed by atoms with Gasteiger partial charge in [-0.3, -0.25) is 5.43 Å². The van der Waals surface area contributed by atoms with Crippen molar-refractivity contribution in [2.75, 3.05) is 12.0 Å². The van der Waals surface area contributed by atoms with Gasteiger partial charge in [-0.2, -0.15) is 5.10 Å². The van der Waals surface area contributed by atoms with Crippen molar-refractivity contribution in [3.63, 3.8) is 0 Å². The number of nitrogens with one attached hydrogen (secondary N) is 1. The first-order valence-electron chi connectivity index (χ1n) is 10.4. The van der Waals surface area contributed by atoms with Crippen molar-refractivity contribution in [3.8, 4) is 22.8 Å². The van der Waals surface area contributed by atoms with Gasteiger partial charge in [0.2, 0.25) is 5.13 Å². The number of esters is 1. The van der Waals surface area contributed by atoms with Crippen LogP contribution in [-0.2, 0) is 0 Å². The van der Waals surface area contributed by atoms with Crippen molar-refractivity contribution in [1.82, 2.24) is 4.98 Å². The van der Waals surface area contributed by atoms with E-state index in [1.54, 1.807) is 60.8 Å². The van der Waals surface area contributed by atoms with Crippen molar-refractivity contribution in [2.24, 2.45) is 5.10 Å². The molecule has 0 aliphatic rings. The van der Waals surface area contributed by atoms with Gasteiger partial charge in [0.1, 0.15) is 0 Å². The van der Waals surface area contributed by atoms with Crippen LogP contribution >= 0.6 is 46.1 Å². The average molecular weight is 547 g/mol. The Bertz CT molecular complexity index is 1390. The van der Waals surface area contributed by atoms with E-state index in [2.05, 4.69) is 15.5 Å². The number of hydrogen-bond acceptors (Lipinski definition) is 7. The Morgan fingerprint density at radius 2 is 1.89 bits per heavy atom. The van der Waals surface area contributed by atoms with Crippen molar-refractivity contribution in [2.45, 2.75) is 6.92 Å². The Morgan fingerprint density at radius 1 is 1.06 bits per heavy atom. The standard InChI is InChI=1S/C25H18Cl3N3O3S/c1-2-33-23-10-15(6-9-22(23)34-24(32)16-4-3-5-17(26)11-16)13-29-31-25-30-21(14-35-25)19-8-7-18(27)12-20(19)28/h3-14H,2H2,1H3,(H,30,31)/b29-13+. The molecule has 0 radical (unpaired) electrons. The normalized spacial score (nSPS) is 11.0. The minimum absolute atomic E-state index is 0.298. The molecule has 0 fully saturated rings.